The van der Waals surface area contributed by atoms with Crippen molar-refractivity contribution < 1.29 is 9.53 Å². The zero-order chi connectivity index (χ0) is 13.7. The number of carbonyl (C=O) groups is 1. The van der Waals surface area contributed by atoms with Gasteiger partial charge in [-0.25, -0.2) is 9.78 Å². The molecule has 19 heavy (non-hydrogen) atoms. The minimum absolute atomic E-state index is 0.308. The highest BCUT2D eigenvalue weighted by Crippen LogP contribution is 2.37. The lowest BCUT2D eigenvalue weighted by Crippen LogP contribution is -2.05. The second-order valence-corrected chi connectivity index (χ2v) is 5.72. The van der Waals surface area contributed by atoms with Crippen LogP contribution < -0.4 is 0 Å². The highest BCUT2D eigenvalue weighted by Gasteiger charge is 2.13. The number of aromatic nitrogens is 3. The first-order valence-corrected chi connectivity index (χ1v) is 7.85. The first-order chi connectivity index (χ1) is 9.20. The molecule has 0 amide bonds. The van der Waals surface area contributed by atoms with Gasteiger partial charge in [0.2, 0.25) is 5.16 Å². The molecule has 0 aliphatic heterocycles. The van der Waals surface area contributed by atoms with Gasteiger partial charge in [-0.05, 0) is 47.6 Å². The van der Waals surface area contributed by atoms with Crippen molar-refractivity contribution >= 4 is 27.6 Å². The molecule has 0 radical (unpaired) electrons. The number of ether oxygens (including phenoxy) is 1. The van der Waals surface area contributed by atoms with Crippen LogP contribution in [0.2, 0.25) is 0 Å². The van der Waals surface area contributed by atoms with Crippen LogP contribution in [0.5, 0.6) is 0 Å². The molecule has 0 saturated carbocycles. The van der Waals surface area contributed by atoms with E-state index in [1.165, 1.54) is 21.6 Å². The molecule has 0 unspecified atom stereocenters. The molecule has 100 valence electrons. The van der Waals surface area contributed by atoms with Gasteiger partial charge < -0.3 is 4.74 Å². The van der Waals surface area contributed by atoms with Crippen LogP contribution in [0.15, 0.2) is 34.3 Å². The summed E-state index contributed by atoms with van der Waals surface area (Å²) in [6.45, 7) is 4.00. The molecule has 1 heterocycles. The number of aryl methyl sites for hydroxylation is 1. The number of nitrogens with zero attached hydrogens (tertiary/aromatic N) is 2. The largest absolute Gasteiger partial charge is 0.462 e. The van der Waals surface area contributed by atoms with Crippen molar-refractivity contribution in [1.29, 1.82) is 0 Å². The Morgan fingerprint density at radius 3 is 2.84 bits per heavy atom. The molecule has 7 heteroatoms. The molecule has 0 bridgehead atoms. The van der Waals surface area contributed by atoms with Crippen LogP contribution in [-0.2, 0) is 4.74 Å². The fourth-order valence-electron chi connectivity index (χ4n) is 1.36. The zero-order valence-corrected chi connectivity index (χ0v) is 12.2. The van der Waals surface area contributed by atoms with E-state index in [0.717, 1.165) is 10.7 Å². The summed E-state index contributed by atoms with van der Waals surface area (Å²) in [5, 5.41) is 7.45. The van der Waals surface area contributed by atoms with Crippen LogP contribution in [0.3, 0.4) is 0 Å². The summed E-state index contributed by atoms with van der Waals surface area (Å²) < 4.78 is 5.03. The second-order valence-electron chi connectivity index (χ2n) is 3.59. The summed E-state index contributed by atoms with van der Waals surface area (Å²) in [6.07, 6.45) is 0. The van der Waals surface area contributed by atoms with Gasteiger partial charge in [0.05, 0.1) is 12.2 Å². The molecule has 1 N–H and O–H groups in total. The van der Waals surface area contributed by atoms with Gasteiger partial charge in [0.1, 0.15) is 5.82 Å². The maximum absolute atomic E-state index is 11.8. The third-order valence-corrected chi connectivity index (χ3v) is 4.35. The standard InChI is InChI=1S/C12H13N3O2S2/c1-3-17-11(16)9-6-4-5-7-10(9)18-19-12-13-8(2)14-15-12/h4-7H,3H2,1-2H3,(H,13,14,15). The van der Waals surface area contributed by atoms with Gasteiger partial charge in [-0.2, -0.15) is 0 Å². The lowest BCUT2D eigenvalue weighted by Gasteiger charge is -2.06. The first kappa shape index (κ1) is 14.0. The molecule has 2 rings (SSSR count). The van der Waals surface area contributed by atoms with Gasteiger partial charge in [-0.1, -0.05) is 12.1 Å². The maximum atomic E-state index is 11.8. The quantitative estimate of drug-likeness (QED) is 0.675. The fraction of sp³-hybridized carbons (Fsp3) is 0.250. The van der Waals surface area contributed by atoms with Crippen LogP contribution in [0.1, 0.15) is 23.1 Å². The van der Waals surface area contributed by atoms with Crippen molar-refractivity contribution in [2.24, 2.45) is 0 Å². The van der Waals surface area contributed by atoms with Crippen molar-refractivity contribution in [3.63, 3.8) is 0 Å². The Balaban J connectivity index is 2.09. The number of H-pyrrole nitrogens is 1. The van der Waals surface area contributed by atoms with Gasteiger partial charge >= 0.3 is 5.97 Å². The smallest absolute Gasteiger partial charge is 0.339 e. The fourth-order valence-corrected chi connectivity index (χ4v) is 3.31. The van der Waals surface area contributed by atoms with E-state index in [9.17, 15) is 4.79 Å². The number of esters is 1. The van der Waals surface area contributed by atoms with Gasteiger partial charge in [0.25, 0.3) is 0 Å². The third-order valence-electron chi connectivity index (χ3n) is 2.17. The molecule has 0 fully saturated rings. The van der Waals surface area contributed by atoms with Gasteiger partial charge in [0, 0.05) is 4.90 Å². The van der Waals surface area contributed by atoms with Crippen molar-refractivity contribution in [3.05, 3.63) is 35.7 Å². The third kappa shape index (κ3) is 3.74. The van der Waals surface area contributed by atoms with Gasteiger partial charge in [-0.3, -0.25) is 5.10 Å². The molecule has 0 spiro atoms. The lowest BCUT2D eigenvalue weighted by molar-refractivity contribution is 0.0522. The highest BCUT2D eigenvalue weighted by molar-refractivity contribution is 8.76. The topological polar surface area (TPSA) is 67.9 Å². The Labute approximate surface area is 118 Å². The van der Waals surface area contributed by atoms with E-state index in [1.807, 2.05) is 25.1 Å². The van der Waals surface area contributed by atoms with E-state index in [2.05, 4.69) is 15.2 Å². The number of rotatable bonds is 5. The van der Waals surface area contributed by atoms with Crippen LogP contribution in [0, 0.1) is 6.92 Å². The summed E-state index contributed by atoms with van der Waals surface area (Å²) in [7, 11) is 2.84. The van der Waals surface area contributed by atoms with E-state index in [4.69, 9.17) is 4.74 Å². The number of carbonyl (C=O) groups excluding carboxylic acids is 1. The SMILES string of the molecule is CCOC(=O)c1ccccc1SSc1n[nH]c(C)n1. The summed E-state index contributed by atoms with van der Waals surface area (Å²) in [4.78, 5) is 16.8. The van der Waals surface area contributed by atoms with E-state index in [1.54, 1.807) is 13.0 Å². The molecule has 1 aromatic carbocycles. The molecule has 0 aliphatic rings. The molecule has 0 aliphatic carbocycles. The molecule has 5 nitrogen and oxygen atoms in total. The first-order valence-electron chi connectivity index (χ1n) is 5.70. The predicted octanol–water partition coefficient (Wildman–Crippen LogP) is 3.09. The molecule has 0 atom stereocenters. The average molecular weight is 295 g/mol. The van der Waals surface area contributed by atoms with Crippen LogP contribution in [0.4, 0.5) is 0 Å². The highest BCUT2D eigenvalue weighted by atomic mass is 33.1. The normalized spacial score (nSPS) is 10.4. The van der Waals surface area contributed by atoms with Crippen molar-refractivity contribution in [1.82, 2.24) is 15.2 Å². The Morgan fingerprint density at radius 2 is 2.16 bits per heavy atom. The zero-order valence-electron chi connectivity index (χ0n) is 10.5. The second kappa shape index (κ2) is 6.63. The minimum atomic E-state index is -0.308. The van der Waals surface area contributed by atoms with E-state index in [0.29, 0.717) is 17.3 Å². The number of hydrogen-bond donors (Lipinski definition) is 1. The molecular formula is C12H13N3O2S2. The van der Waals surface area contributed by atoms with E-state index >= 15 is 0 Å². The van der Waals surface area contributed by atoms with Crippen LogP contribution in [0.25, 0.3) is 0 Å². The summed E-state index contributed by atoms with van der Waals surface area (Å²) >= 11 is 0. The summed E-state index contributed by atoms with van der Waals surface area (Å²) in [6, 6.07) is 7.33. The van der Waals surface area contributed by atoms with E-state index in [-0.39, 0.29) is 5.97 Å². The minimum Gasteiger partial charge on any atom is -0.462 e. The summed E-state index contributed by atoms with van der Waals surface area (Å²) in [5.41, 5.74) is 0.564. The van der Waals surface area contributed by atoms with Crippen molar-refractivity contribution in [3.8, 4) is 0 Å². The number of aromatic amines is 1. The molecule has 2 aromatic rings. The number of benzene rings is 1. The van der Waals surface area contributed by atoms with Crippen LogP contribution in [-0.4, -0.2) is 27.8 Å². The average Bonchev–Trinajstić information content (AvgIpc) is 2.83. The van der Waals surface area contributed by atoms with Gasteiger partial charge in [0.15, 0.2) is 0 Å². The predicted molar refractivity (Wildman–Crippen MR) is 75.2 cm³/mol. The van der Waals surface area contributed by atoms with Crippen LogP contribution >= 0.6 is 21.6 Å². The molecular weight excluding hydrogens is 282 g/mol. The lowest BCUT2D eigenvalue weighted by atomic mass is 10.2. The maximum Gasteiger partial charge on any atom is 0.339 e. The van der Waals surface area contributed by atoms with Crippen molar-refractivity contribution in [2.75, 3.05) is 6.61 Å². The summed E-state index contributed by atoms with van der Waals surface area (Å²) in [5.74, 6) is 0.458. The Bertz CT molecular complexity index is 572. The monoisotopic (exact) mass is 295 g/mol. The Morgan fingerprint density at radius 1 is 1.37 bits per heavy atom. The Hall–Kier alpha value is -1.47. The number of hydrogen-bond acceptors (Lipinski definition) is 6. The number of nitrogens with one attached hydrogen (secondary N) is 1. The molecule has 0 saturated heterocycles. The Kier molecular flexibility index (Phi) is 4.86. The van der Waals surface area contributed by atoms with E-state index < -0.39 is 0 Å². The molecule has 1 aromatic heterocycles. The van der Waals surface area contributed by atoms with Crippen molar-refractivity contribution in [2.45, 2.75) is 23.9 Å². The van der Waals surface area contributed by atoms with Gasteiger partial charge in [-0.15, -0.1) is 5.10 Å².